The number of carbonyl (C=O) groups excluding carboxylic acids is 2. The minimum Gasteiger partial charge on any atom is -0.307 e. The maximum absolute atomic E-state index is 13.0. The van der Waals surface area contributed by atoms with Gasteiger partial charge in [-0.15, -0.1) is 11.3 Å². The summed E-state index contributed by atoms with van der Waals surface area (Å²) < 4.78 is 39.6. The van der Waals surface area contributed by atoms with Crippen molar-refractivity contribution in [3.63, 3.8) is 0 Å². The Kier molecular flexibility index (Phi) is 5.80. The van der Waals surface area contributed by atoms with E-state index in [-0.39, 0.29) is 22.7 Å². The highest BCUT2D eigenvalue weighted by Gasteiger charge is 2.44. The predicted molar refractivity (Wildman–Crippen MR) is 129 cm³/mol. The number of carbonyl (C=O) groups is 2. The van der Waals surface area contributed by atoms with Crippen LogP contribution in [0, 0.1) is 0 Å². The largest absolute Gasteiger partial charge is 0.495 e. The highest BCUT2D eigenvalue weighted by Crippen LogP contribution is 2.27. The van der Waals surface area contributed by atoms with E-state index in [1.807, 2.05) is 42.5 Å². The number of aromatic amines is 1. The van der Waals surface area contributed by atoms with Crippen molar-refractivity contribution in [2.45, 2.75) is 6.18 Å². The molecule has 0 atom stereocenters. The number of imidazole rings is 1. The number of amides is 2. The molecule has 8 nitrogen and oxygen atoms in total. The van der Waals surface area contributed by atoms with Crippen molar-refractivity contribution in [1.29, 1.82) is 0 Å². The summed E-state index contributed by atoms with van der Waals surface area (Å²) in [5.41, 5.74) is 3.20. The number of benzene rings is 3. The number of nitrogens with zero attached hydrogens (tertiary/aromatic N) is 3. The van der Waals surface area contributed by atoms with Crippen LogP contribution < -0.4 is 19.8 Å². The summed E-state index contributed by atoms with van der Waals surface area (Å²) in [6.07, 6.45) is -5.21. The molecule has 36 heavy (non-hydrogen) atoms. The molecule has 0 spiro atoms. The van der Waals surface area contributed by atoms with Gasteiger partial charge in [0.1, 0.15) is 0 Å². The van der Waals surface area contributed by atoms with Crippen molar-refractivity contribution in [3.05, 3.63) is 71.6 Å². The number of halogens is 3. The highest BCUT2D eigenvalue weighted by molar-refractivity contribution is 7.07. The van der Waals surface area contributed by atoms with E-state index < -0.39 is 18.2 Å². The number of thiazole rings is 1. The number of rotatable bonds is 4. The van der Waals surface area contributed by atoms with Crippen LogP contribution in [0.3, 0.4) is 0 Å². The van der Waals surface area contributed by atoms with Gasteiger partial charge in [-0.2, -0.15) is 13.2 Å². The Morgan fingerprint density at radius 1 is 1.11 bits per heavy atom. The molecule has 0 saturated carbocycles. The van der Waals surface area contributed by atoms with Crippen molar-refractivity contribution in [1.82, 2.24) is 9.97 Å². The number of fused-ring (bicyclic) bond motifs is 2. The molecule has 0 aliphatic carbocycles. The van der Waals surface area contributed by atoms with E-state index in [2.05, 4.69) is 20.1 Å². The van der Waals surface area contributed by atoms with E-state index >= 15 is 0 Å². The first kappa shape index (κ1) is 23.3. The minimum absolute atomic E-state index is 0.0419. The summed E-state index contributed by atoms with van der Waals surface area (Å²) in [7, 11) is 1.61. The number of aromatic nitrogens is 3. The van der Waals surface area contributed by atoms with Gasteiger partial charge in [-0.3, -0.25) is 4.90 Å². The SMILES string of the molecule is CN(C(=O)Nc1ccc2[nH]c(-c3cscn3)[n+](OC(=O)C(F)(F)F)c2c1)c1cccc2ccccc12. The lowest BCUT2D eigenvalue weighted by molar-refractivity contribution is -0.841. The molecule has 12 heteroatoms. The van der Waals surface area contributed by atoms with Gasteiger partial charge >= 0.3 is 24.0 Å². The number of nitrogens with one attached hydrogen (secondary N) is 2. The van der Waals surface area contributed by atoms with Gasteiger partial charge in [-0.05, 0) is 28.3 Å². The maximum atomic E-state index is 13.0. The first-order chi connectivity index (χ1) is 17.2. The van der Waals surface area contributed by atoms with Gasteiger partial charge in [-0.1, -0.05) is 36.4 Å². The maximum Gasteiger partial charge on any atom is 0.495 e. The summed E-state index contributed by atoms with van der Waals surface area (Å²) in [6, 6.07) is 17.3. The summed E-state index contributed by atoms with van der Waals surface area (Å²) in [5, 5.41) is 6.16. The van der Waals surface area contributed by atoms with Gasteiger partial charge in [0, 0.05) is 29.6 Å². The van der Waals surface area contributed by atoms with E-state index in [9.17, 15) is 22.8 Å². The van der Waals surface area contributed by atoms with Gasteiger partial charge in [0.2, 0.25) is 5.52 Å². The average Bonchev–Trinajstić information content (AvgIpc) is 3.51. The second-order valence-electron chi connectivity index (χ2n) is 7.74. The van der Waals surface area contributed by atoms with Crippen molar-refractivity contribution in [2.24, 2.45) is 0 Å². The van der Waals surface area contributed by atoms with Crippen LogP contribution in [0.2, 0.25) is 0 Å². The highest BCUT2D eigenvalue weighted by atomic mass is 32.1. The van der Waals surface area contributed by atoms with Gasteiger partial charge < -0.3 is 5.32 Å². The molecule has 182 valence electrons. The zero-order valence-electron chi connectivity index (χ0n) is 18.5. The predicted octanol–water partition coefficient (Wildman–Crippen LogP) is 4.92. The molecule has 2 N–H and O–H groups in total. The molecular formula is C24H17F3N5O3S+. The topological polar surface area (TPSA) is 91.2 Å². The molecule has 2 heterocycles. The van der Waals surface area contributed by atoms with Gasteiger partial charge in [0.05, 0.1) is 11.2 Å². The van der Waals surface area contributed by atoms with E-state index in [4.69, 9.17) is 0 Å². The Bertz CT molecular complexity index is 1590. The summed E-state index contributed by atoms with van der Waals surface area (Å²) >= 11 is 1.22. The molecule has 5 rings (SSSR count). The van der Waals surface area contributed by atoms with E-state index in [1.54, 1.807) is 24.6 Å². The third-order valence-electron chi connectivity index (χ3n) is 5.44. The van der Waals surface area contributed by atoms with Crippen LogP contribution in [0.15, 0.2) is 71.6 Å². The monoisotopic (exact) mass is 512 g/mol. The third-order valence-corrected chi connectivity index (χ3v) is 6.02. The second-order valence-corrected chi connectivity index (χ2v) is 8.46. The molecule has 2 amide bonds. The van der Waals surface area contributed by atoms with E-state index in [0.29, 0.717) is 11.2 Å². The molecule has 0 aliphatic rings. The summed E-state index contributed by atoms with van der Waals surface area (Å²) in [5.74, 6) is -2.35. The summed E-state index contributed by atoms with van der Waals surface area (Å²) in [4.78, 5) is 37.8. The normalized spacial score (nSPS) is 11.6. The Labute approximate surface area is 205 Å². The van der Waals surface area contributed by atoms with Crippen LogP contribution in [0.4, 0.5) is 29.3 Å². The smallest absolute Gasteiger partial charge is 0.307 e. The molecule has 0 fully saturated rings. The van der Waals surface area contributed by atoms with Crippen LogP contribution >= 0.6 is 11.3 Å². The Morgan fingerprint density at radius 2 is 1.89 bits per heavy atom. The lowest BCUT2D eigenvalue weighted by Crippen LogP contribution is -2.51. The molecule has 5 aromatic rings. The third kappa shape index (κ3) is 4.33. The zero-order valence-corrected chi connectivity index (χ0v) is 19.4. The fraction of sp³-hybridized carbons (Fsp3) is 0.0833. The minimum atomic E-state index is -5.21. The fourth-order valence-electron chi connectivity index (χ4n) is 3.73. The number of anilines is 2. The Balaban J connectivity index is 1.49. The molecule has 0 unspecified atom stereocenters. The number of hydrogen-bond acceptors (Lipinski definition) is 5. The van der Waals surface area contributed by atoms with Crippen molar-refractivity contribution >= 4 is 56.5 Å². The van der Waals surface area contributed by atoms with E-state index in [1.165, 1.54) is 27.8 Å². The lowest BCUT2D eigenvalue weighted by Gasteiger charge is -2.20. The Morgan fingerprint density at radius 3 is 2.64 bits per heavy atom. The number of alkyl halides is 3. The van der Waals surface area contributed by atoms with Crippen LogP contribution in [-0.4, -0.2) is 35.2 Å². The average molecular weight is 512 g/mol. The molecule has 3 aromatic carbocycles. The molecule has 0 bridgehead atoms. The first-order valence-electron chi connectivity index (χ1n) is 10.5. The number of hydrogen-bond donors (Lipinski definition) is 2. The van der Waals surface area contributed by atoms with Crippen molar-refractivity contribution in [3.8, 4) is 11.5 Å². The fourth-order valence-corrected chi connectivity index (χ4v) is 4.26. The second kappa shape index (κ2) is 8.96. The lowest BCUT2D eigenvalue weighted by atomic mass is 10.1. The van der Waals surface area contributed by atoms with Gasteiger partial charge in [0.25, 0.3) is 0 Å². The molecule has 0 aliphatic heterocycles. The standard InChI is InChI=1S/C24H16F3N5O3S/c1-31(19-8-4-6-14-5-2-3-7-16(14)19)23(34)29-15-9-10-17-20(11-15)32(35-22(33)24(25,26)27)21(30-17)18-12-36-13-28-18/h2-13H,1H3,(H,29,34)/p+1. The molecule has 0 radical (unpaired) electrons. The number of H-pyrrole nitrogens is 1. The molecule has 0 saturated heterocycles. The number of urea groups is 1. The van der Waals surface area contributed by atoms with Crippen molar-refractivity contribution in [2.75, 3.05) is 17.3 Å². The van der Waals surface area contributed by atoms with Crippen molar-refractivity contribution < 1.29 is 32.3 Å². The van der Waals surface area contributed by atoms with Crippen LogP contribution in [0.1, 0.15) is 0 Å². The quantitative estimate of drug-likeness (QED) is 0.335. The van der Waals surface area contributed by atoms with Crippen LogP contribution in [0.25, 0.3) is 33.3 Å². The molecule has 2 aromatic heterocycles. The van der Waals surface area contributed by atoms with E-state index in [0.717, 1.165) is 15.5 Å². The van der Waals surface area contributed by atoms with Crippen LogP contribution in [-0.2, 0) is 4.79 Å². The first-order valence-corrected chi connectivity index (χ1v) is 11.4. The summed E-state index contributed by atoms with van der Waals surface area (Å²) in [6.45, 7) is 0. The van der Waals surface area contributed by atoms with Crippen LogP contribution in [0.5, 0.6) is 0 Å². The molecular weight excluding hydrogens is 495 g/mol. The van der Waals surface area contributed by atoms with Gasteiger partial charge in [-0.25, -0.2) is 24.4 Å². The zero-order chi connectivity index (χ0) is 25.4. The Hall–Kier alpha value is -4.45. The van der Waals surface area contributed by atoms with Gasteiger partial charge in [0.15, 0.2) is 11.2 Å².